The molecule has 0 bridgehead atoms. The van der Waals surface area contributed by atoms with E-state index in [2.05, 4.69) is 25.8 Å². The molecule has 6 nitrogen and oxygen atoms in total. The van der Waals surface area contributed by atoms with Gasteiger partial charge in [-0.15, -0.1) is 0 Å². The number of halogens is 1. The third-order valence-corrected chi connectivity index (χ3v) is 5.52. The fraction of sp³-hybridized carbons (Fsp3) is 0.217. The molecule has 0 amide bonds. The smallest absolute Gasteiger partial charge is 0.406 e. The molecule has 4 aromatic rings. The molecule has 0 radical (unpaired) electrons. The summed E-state index contributed by atoms with van der Waals surface area (Å²) in [6.07, 6.45) is 3.69. The zero-order valence-corrected chi connectivity index (χ0v) is 16.3. The molecular formula is C23H21FN4O2. The molecule has 7 heteroatoms. The van der Waals surface area contributed by atoms with Gasteiger partial charge in [0.15, 0.2) is 5.58 Å². The predicted octanol–water partition coefficient (Wildman–Crippen LogP) is 3.64. The van der Waals surface area contributed by atoms with Crippen molar-refractivity contribution in [3.05, 3.63) is 82.9 Å². The van der Waals surface area contributed by atoms with Crippen molar-refractivity contribution in [2.24, 2.45) is 0 Å². The Morgan fingerprint density at radius 2 is 1.80 bits per heavy atom. The monoisotopic (exact) mass is 404 g/mol. The Bertz CT molecular complexity index is 1220. The van der Waals surface area contributed by atoms with E-state index in [1.54, 1.807) is 18.3 Å². The van der Waals surface area contributed by atoms with Crippen LogP contribution in [0.3, 0.4) is 0 Å². The van der Waals surface area contributed by atoms with Crippen LogP contribution in [0, 0.1) is 5.82 Å². The van der Waals surface area contributed by atoms with Crippen molar-refractivity contribution >= 4 is 16.8 Å². The molecule has 152 valence electrons. The van der Waals surface area contributed by atoms with E-state index >= 15 is 0 Å². The first-order valence-corrected chi connectivity index (χ1v) is 9.95. The summed E-state index contributed by atoms with van der Waals surface area (Å²) in [4.78, 5) is 23.3. The van der Waals surface area contributed by atoms with Gasteiger partial charge in [-0.3, -0.25) is 14.9 Å². The van der Waals surface area contributed by atoms with E-state index in [9.17, 15) is 9.18 Å². The van der Waals surface area contributed by atoms with Gasteiger partial charge >= 0.3 is 5.76 Å². The normalized spacial score (nSPS) is 15.0. The van der Waals surface area contributed by atoms with Crippen LogP contribution < -0.4 is 10.7 Å². The van der Waals surface area contributed by atoms with Crippen LogP contribution in [-0.4, -0.2) is 41.0 Å². The largest absolute Gasteiger partial charge is 0.417 e. The van der Waals surface area contributed by atoms with Gasteiger partial charge in [-0.2, -0.15) is 0 Å². The van der Waals surface area contributed by atoms with Crippen molar-refractivity contribution in [1.82, 2.24) is 14.9 Å². The number of oxazole rings is 1. The van der Waals surface area contributed by atoms with Gasteiger partial charge in [-0.05, 0) is 41.5 Å². The third kappa shape index (κ3) is 3.71. The molecular weight excluding hydrogens is 383 g/mol. The van der Waals surface area contributed by atoms with Gasteiger partial charge in [0.05, 0.1) is 11.2 Å². The molecule has 0 saturated carbocycles. The van der Waals surface area contributed by atoms with E-state index in [0.29, 0.717) is 5.58 Å². The molecule has 30 heavy (non-hydrogen) atoms. The molecule has 1 saturated heterocycles. The number of benzene rings is 2. The maximum Gasteiger partial charge on any atom is 0.417 e. The number of aromatic nitrogens is 2. The fourth-order valence-electron chi connectivity index (χ4n) is 3.99. The van der Waals surface area contributed by atoms with E-state index in [4.69, 9.17) is 4.42 Å². The molecule has 0 aliphatic carbocycles. The van der Waals surface area contributed by atoms with Crippen molar-refractivity contribution in [2.75, 3.05) is 31.1 Å². The Morgan fingerprint density at radius 1 is 1.00 bits per heavy atom. The van der Waals surface area contributed by atoms with Gasteiger partial charge < -0.3 is 9.32 Å². The maximum atomic E-state index is 13.2. The summed E-state index contributed by atoms with van der Waals surface area (Å²) in [5.74, 6) is -0.667. The van der Waals surface area contributed by atoms with Crippen molar-refractivity contribution in [2.45, 2.75) is 6.54 Å². The summed E-state index contributed by atoms with van der Waals surface area (Å²) < 4.78 is 18.5. The van der Waals surface area contributed by atoms with Gasteiger partial charge in [0.25, 0.3) is 0 Å². The Hall–Kier alpha value is -3.45. The number of rotatable bonds is 4. The lowest BCUT2D eigenvalue weighted by atomic mass is 10.1. The lowest BCUT2D eigenvalue weighted by molar-refractivity contribution is 0.249. The van der Waals surface area contributed by atoms with Crippen LogP contribution in [0.15, 0.2) is 70.1 Å². The van der Waals surface area contributed by atoms with Crippen LogP contribution >= 0.6 is 0 Å². The highest BCUT2D eigenvalue weighted by atomic mass is 19.1. The number of para-hydroxylation sites is 1. The summed E-state index contributed by atoms with van der Waals surface area (Å²) >= 11 is 0. The van der Waals surface area contributed by atoms with Crippen molar-refractivity contribution < 1.29 is 8.81 Å². The number of piperazine rings is 1. The van der Waals surface area contributed by atoms with E-state index in [1.807, 2.05) is 24.4 Å². The molecule has 1 N–H and O–H groups in total. The van der Waals surface area contributed by atoms with E-state index < -0.39 is 5.76 Å². The molecule has 2 aromatic carbocycles. The minimum Gasteiger partial charge on any atom is -0.406 e. The molecule has 5 rings (SSSR count). The molecule has 1 fully saturated rings. The average Bonchev–Trinajstić information content (AvgIpc) is 3.15. The second-order valence-corrected chi connectivity index (χ2v) is 7.52. The molecule has 1 aliphatic heterocycles. The van der Waals surface area contributed by atoms with Crippen LogP contribution in [-0.2, 0) is 6.54 Å². The van der Waals surface area contributed by atoms with Gasteiger partial charge in [0.2, 0.25) is 0 Å². The number of pyridine rings is 1. The highest BCUT2D eigenvalue weighted by Gasteiger charge is 2.20. The van der Waals surface area contributed by atoms with Gasteiger partial charge in [0, 0.05) is 50.7 Å². The van der Waals surface area contributed by atoms with Crippen LogP contribution in [0.25, 0.3) is 22.2 Å². The zero-order chi connectivity index (χ0) is 20.5. The molecule has 1 aliphatic rings. The SMILES string of the molecule is O=c1[nH]c2cccc(N3CCN(Cc4cncc(-c5ccc(F)cc5)c4)CC3)c2o1. The van der Waals surface area contributed by atoms with Gasteiger partial charge in [0.1, 0.15) is 5.82 Å². The zero-order valence-electron chi connectivity index (χ0n) is 16.3. The Balaban J connectivity index is 1.27. The molecule has 0 spiro atoms. The standard InChI is InChI=1S/C23H21FN4O2/c24-19-6-4-17(5-7-19)18-12-16(13-25-14-18)15-27-8-10-28(11-9-27)21-3-1-2-20-22(21)30-23(29)26-20/h1-7,12-14H,8-11,15H2,(H,26,29). The summed E-state index contributed by atoms with van der Waals surface area (Å²) in [5, 5.41) is 0. The third-order valence-electron chi connectivity index (χ3n) is 5.52. The molecule has 0 atom stereocenters. The summed E-state index contributed by atoms with van der Waals surface area (Å²) in [6.45, 7) is 4.29. The molecule has 2 aromatic heterocycles. The summed E-state index contributed by atoms with van der Waals surface area (Å²) in [5.41, 5.74) is 5.36. The number of hydrogen-bond donors (Lipinski definition) is 1. The number of nitrogens with one attached hydrogen (secondary N) is 1. The lowest BCUT2D eigenvalue weighted by Crippen LogP contribution is -2.46. The quantitative estimate of drug-likeness (QED) is 0.563. The summed E-state index contributed by atoms with van der Waals surface area (Å²) in [7, 11) is 0. The summed E-state index contributed by atoms with van der Waals surface area (Å²) in [6, 6.07) is 14.4. The van der Waals surface area contributed by atoms with Crippen molar-refractivity contribution in [3.8, 4) is 11.1 Å². The maximum absolute atomic E-state index is 13.2. The number of H-pyrrole nitrogens is 1. The highest BCUT2D eigenvalue weighted by molar-refractivity contribution is 5.86. The second-order valence-electron chi connectivity index (χ2n) is 7.52. The van der Waals surface area contributed by atoms with E-state index in [-0.39, 0.29) is 5.82 Å². The van der Waals surface area contributed by atoms with E-state index in [0.717, 1.165) is 60.6 Å². The number of nitrogens with zero attached hydrogens (tertiary/aromatic N) is 3. The van der Waals surface area contributed by atoms with Crippen molar-refractivity contribution in [1.29, 1.82) is 0 Å². The van der Waals surface area contributed by atoms with Crippen LogP contribution in [0.5, 0.6) is 0 Å². The number of hydrogen-bond acceptors (Lipinski definition) is 5. The topological polar surface area (TPSA) is 65.4 Å². The van der Waals surface area contributed by atoms with Crippen LogP contribution in [0.4, 0.5) is 10.1 Å². The van der Waals surface area contributed by atoms with Gasteiger partial charge in [-0.1, -0.05) is 18.2 Å². The van der Waals surface area contributed by atoms with E-state index in [1.165, 1.54) is 12.1 Å². The molecule has 0 unspecified atom stereocenters. The molecule has 3 heterocycles. The number of aromatic amines is 1. The van der Waals surface area contributed by atoms with Gasteiger partial charge in [-0.25, -0.2) is 9.18 Å². The first-order valence-electron chi connectivity index (χ1n) is 9.95. The Labute approximate surface area is 172 Å². The first kappa shape index (κ1) is 18.6. The lowest BCUT2D eigenvalue weighted by Gasteiger charge is -2.36. The fourth-order valence-corrected chi connectivity index (χ4v) is 3.99. The number of fused-ring (bicyclic) bond motifs is 1. The highest BCUT2D eigenvalue weighted by Crippen LogP contribution is 2.26. The van der Waals surface area contributed by atoms with Crippen LogP contribution in [0.1, 0.15) is 5.56 Å². The van der Waals surface area contributed by atoms with Crippen LogP contribution in [0.2, 0.25) is 0 Å². The number of anilines is 1. The van der Waals surface area contributed by atoms with Crippen molar-refractivity contribution in [3.63, 3.8) is 0 Å². The minimum atomic E-state index is -0.426. The first-order chi connectivity index (χ1) is 14.7. The predicted molar refractivity (Wildman–Crippen MR) is 114 cm³/mol. The Kier molecular flexibility index (Phi) is 4.80. The average molecular weight is 404 g/mol. The minimum absolute atomic E-state index is 0.240. The second kappa shape index (κ2) is 7.76. The Morgan fingerprint density at radius 3 is 2.60 bits per heavy atom.